The predicted octanol–water partition coefficient (Wildman–Crippen LogP) is 2.55. The van der Waals surface area contributed by atoms with Gasteiger partial charge >= 0.3 is 0 Å². The van der Waals surface area contributed by atoms with Crippen molar-refractivity contribution in [1.82, 2.24) is 9.88 Å². The van der Waals surface area contributed by atoms with Gasteiger partial charge in [-0.25, -0.2) is 4.98 Å². The molecule has 1 amide bonds. The SMILES string of the molecule is N#CCN(C(=O)c1cc([N+](=O)[O-])cnc1Cl)C1CCCC1. The molecule has 0 radical (unpaired) electrons. The van der Waals surface area contributed by atoms with E-state index in [0.29, 0.717) is 0 Å². The number of hydrogen-bond donors (Lipinski definition) is 0. The lowest BCUT2D eigenvalue weighted by Gasteiger charge is -2.26. The van der Waals surface area contributed by atoms with Crippen LogP contribution in [0.2, 0.25) is 5.15 Å². The smallest absolute Gasteiger partial charge is 0.288 e. The Labute approximate surface area is 126 Å². The molecule has 21 heavy (non-hydrogen) atoms. The van der Waals surface area contributed by atoms with Crippen LogP contribution >= 0.6 is 11.6 Å². The number of rotatable bonds is 4. The summed E-state index contributed by atoms with van der Waals surface area (Å²) in [6.07, 6.45) is 4.66. The highest BCUT2D eigenvalue weighted by Gasteiger charge is 2.29. The van der Waals surface area contributed by atoms with Crippen LogP contribution in [0.5, 0.6) is 0 Å². The van der Waals surface area contributed by atoms with E-state index < -0.39 is 10.8 Å². The molecule has 1 aliphatic rings. The molecular weight excluding hydrogens is 296 g/mol. The Balaban J connectivity index is 2.34. The molecule has 0 bridgehead atoms. The molecule has 0 saturated heterocycles. The molecule has 0 aromatic carbocycles. The third-order valence-electron chi connectivity index (χ3n) is 3.53. The van der Waals surface area contributed by atoms with Crippen molar-refractivity contribution < 1.29 is 9.72 Å². The van der Waals surface area contributed by atoms with Crippen LogP contribution in [0.4, 0.5) is 5.69 Å². The van der Waals surface area contributed by atoms with Gasteiger partial charge in [-0.15, -0.1) is 0 Å². The molecule has 0 atom stereocenters. The molecule has 1 aliphatic carbocycles. The predicted molar refractivity (Wildman–Crippen MR) is 74.8 cm³/mol. The van der Waals surface area contributed by atoms with Crippen molar-refractivity contribution in [1.29, 1.82) is 5.26 Å². The van der Waals surface area contributed by atoms with Gasteiger partial charge in [-0.1, -0.05) is 24.4 Å². The normalized spacial score (nSPS) is 14.7. The van der Waals surface area contributed by atoms with Crippen LogP contribution in [0.3, 0.4) is 0 Å². The lowest BCUT2D eigenvalue weighted by Crippen LogP contribution is -2.39. The summed E-state index contributed by atoms with van der Waals surface area (Å²) in [7, 11) is 0. The number of carbonyl (C=O) groups excluding carboxylic acids is 1. The topological polar surface area (TPSA) is 100 Å². The molecule has 0 unspecified atom stereocenters. The van der Waals surface area contributed by atoms with Crippen LogP contribution in [-0.4, -0.2) is 33.3 Å². The zero-order valence-corrected chi connectivity index (χ0v) is 11.9. The molecule has 1 aromatic rings. The van der Waals surface area contributed by atoms with Gasteiger partial charge in [0, 0.05) is 12.1 Å². The van der Waals surface area contributed by atoms with Crippen molar-refractivity contribution in [3.05, 3.63) is 33.1 Å². The van der Waals surface area contributed by atoms with E-state index in [0.717, 1.165) is 37.9 Å². The van der Waals surface area contributed by atoms with Crippen molar-refractivity contribution in [2.45, 2.75) is 31.7 Å². The minimum absolute atomic E-state index is 0.0209. The van der Waals surface area contributed by atoms with Crippen molar-refractivity contribution >= 4 is 23.2 Å². The summed E-state index contributed by atoms with van der Waals surface area (Å²) in [6.45, 7) is -0.0669. The number of nitro groups is 1. The molecule has 0 N–H and O–H groups in total. The third kappa shape index (κ3) is 3.28. The first kappa shape index (κ1) is 15.2. The minimum atomic E-state index is -0.635. The van der Waals surface area contributed by atoms with E-state index in [1.54, 1.807) is 0 Å². The van der Waals surface area contributed by atoms with Crippen molar-refractivity contribution in [3.8, 4) is 6.07 Å². The molecule has 0 aliphatic heterocycles. The molecule has 7 nitrogen and oxygen atoms in total. The van der Waals surface area contributed by atoms with E-state index in [2.05, 4.69) is 4.98 Å². The molecule has 1 heterocycles. The Kier molecular flexibility index (Phi) is 4.70. The molecule has 1 saturated carbocycles. The Morgan fingerprint density at radius 2 is 2.24 bits per heavy atom. The molecule has 1 aromatic heterocycles. The van der Waals surface area contributed by atoms with E-state index in [9.17, 15) is 14.9 Å². The number of nitriles is 1. The second-order valence-corrected chi connectivity index (χ2v) is 5.18. The van der Waals surface area contributed by atoms with Crippen molar-refractivity contribution in [2.75, 3.05) is 6.54 Å². The summed E-state index contributed by atoms with van der Waals surface area (Å²) < 4.78 is 0. The van der Waals surface area contributed by atoms with Gasteiger partial charge in [-0.05, 0) is 12.8 Å². The van der Waals surface area contributed by atoms with Crippen LogP contribution in [0, 0.1) is 21.4 Å². The lowest BCUT2D eigenvalue weighted by molar-refractivity contribution is -0.385. The zero-order chi connectivity index (χ0) is 15.4. The fourth-order valence-electron chi connectivity index (χ4n) is 2.50. The summed E-state index contributed by atoms with van der Waals surface area (Å²) in [6, 6.07) is 3.05. The molecule has 1 fully saturated rings. The van der Waals surface area contributed by atoms with Crippen LogP contribution in [-0.2, 0) is 0 Å². The van der Waals surface area contributed by atoms with Gasteiger partial charge in [0.1, 0.15) is 17.9 Å². The standard InChI is InChI=1S/C13H13ClN4O3/c14-12-11(7-10(8-16-12)18(20)21)13(19)17(6-5-15)9-3-1-2-4-9/h7-9H,1-4,6H2. The second kappa shape index (κ2) is 6.50. The van der Waals surface area contributed by atoms with Gasteiger partial charge in [0.25, 0.3) is 11.6 Å². The first-order valence-corrected chi connectivity index (χ1v) is 6.90. The fraction of sp³-hybridized carbons (Fsp3) is 0.462. The maximum absolute atomic E-state index is 12.5. The average Bonchev–Trinajstić information content (AvgIpc) is 2.98. The average molecular weight is 309 g/mol. The van der Waals surface area contributed by atoms with Crippen LogP contribution < -0.4 is 0 Å². The highest BCUT2D eigenvalue weighted by molar-refractivity contribution is 6.32. The van der Waals surface area contributed by atoms with E-state index in [4.69, 9.17) is 16.9 Å². The van der Waals surface area contributed by atoms with Crippen LogP contribution in [0.25, 0.3) is 0 Å². The second-order valence-electron chi connectivity index (χ2n) is 4.82. The highest BCUT2D eigenvalue weighted by Crippen LogP contribution is 2.27. The fourth-order valence-corrected chi connectivity index (χ4v) is 2.68. The van der Waals surface area contributed by atoms with E-state index >= 15 is 0 Å². The number of nitrogens with zero attached hydrogens (tertiary/aromatic N) is 4. The Morgan fingerprint density at radius 3 is 2.81 bits per heavy atom. The number of halogens is 1. The molecule has 2 rings (SSSR count). The molecule has 0 spiro atoms. The maximum Gasteiger partial charge on any atom is 0.288 e. The maximum atomic E-state index is 12.5. The summed E-state index contributed by atoms with van der Waals surface area (Å²) in [5.74, 6) is -0.482. The van der Waals surface area contributed by atoms with Crippen LogP contribution in [0.15, 0.2) is 12.3 Å². The monoisotopic (exact) mass is 308 g/mol. The van der Waals surface area contributed by atoms with Gasteiger partial charge in [0.15, 0.2) is 0 Å². The van der Waals surface area contributed by atoms with E-state index in [1.807, 2.05) is 6.07 Å². The highest BCUT2D eigenvalue weighted by atomic mass is 35.5. The summed E-state index contributed by atoms with van der Waals surface area (Å²) in [4.78, 5) is 27.8. The summed E-state index contributed by atoms with van der Waals surface area (Å²) >= 11 is 5.88. The third-order valence-corrected chi connectivity index (χ3v) is 3.83. The number of hydrogen-bond acceptors (Lipinski definition) is 5. The van der Waals surface area contributed by atoms with E-state index in [-0.39, 0.29) is 29.0 Å². The largest absolute Gasteiger partial charge is 0.322 e. The van der Waals surface area contributed by atoms with Gasteiger partial charge in [-0.2, -0.15) is 5.26 Å². The molecule has 110 valence electrons. The Morgan fingerprint density at radius 1 is 1.57 bits per heavy atom. The number of carbonyl (C=O) groups is 1. The quantitative estimate of drug-likeness (QED) is 0.368. The van der Waals surface area contributed by atoms with Crippen molar-refractivity contribution in [2.24, 2.45) is 0 Å². The summed E-state index contributed by atoms with van der Waals surface area (Å²) in [5.41, 5.74) is -0.334. The van der Waals surface area contributed by atoms with Crippen molar-refractivity contribution in [3.63, 3.8) is 0 Å². The Bertz CT molecular complexity index is 608. The lowest BCUT2D eigenvalue weighted by atomic mass is 10.1. The Hall–Kier alpha value is -2.20. The van der Waals surface area contributed by atoms with Gasteiger partial charge in [0.2, 0.25) is 0 Å². The number of pyridine rings is 1. The van der Waals surface area contributed by atoms with Gasteiger partial charge < -0.3 is 4.90 Å². The minimum Gasteiger partial charge on any atom is -0.322 e. The van der Waals surface area contributed by atoms with E-state index in [1.165, 1.54) is 4.90 Å². The number of amides is 1. The zero-order valence-electron chi connectivity index (χ0n) is 11.2. The first-order chi connectivity index (χ1) is 10.0. The molecular formula is C13H13ClN4O3. The van der Waals surface area contributed by atoms with Gasteiger partial charge in [-0.3, -0.25) is 14.9 Å². The summed E-state index contributed by atoms with van der Waals surface area (Å²) in [5, 5.41) is 19.6. The van der Waals surface area contributed by atoms with Crippen LogP contribution in [0.1, 0.15) is 36.0 Å². The molecule has 8 heteroatoms. The van der Waals surface area contributed by atoms with Gasteiger partial charge in [0.05, 0.1) is 16.6 Å². The first-order valence-electron chi connectivity index (χ1n) is 6.52. The number of aromatic nitrogens is 1.